The van der Waals surface area contributed by atoms with Gasteiger partial charge in [-0.1, -0.05) is 24.3 Å². The molecule has 10 heteroatoms. The Hall–Kier alpha value is -1.82. The Labute approximate surface area is 195 Å². The minimum absolute atomic E-state index is 0.181. The second-order valence-electron chi connectivity index (χ2n) is 8.94. The third kappa shape index (κ3) is 6.62. The van der Waals surface area contributed by atoms with E-state index in [4.69, 9.17) is 9.47 Å². The second-order valence-corrected chi connectivity index (χ2v) is 13.0. The highest BCUT2D eigenvalue weighted by Gasteiger charge is 2.47. The van der Waals surface area contributed by atoms with Crippen molar-refractivity contribution < 1.29 is 36.5 Å². The van der Waals surface area contributed by atoms with Crippen LogP contribution in [-0.2, 0) is 42.0 Å². The molecule has 0 bridgehead atoms. The summed E-state index contributed by atoms with van der Waals surface area (Å²) >= 11 is 0. The number of hydrogen-bond acceptors (Lipinski definition) is 8. The molecule has 0 saturated carbocycles. The van der Waals surface area contributed by atoms with Gasteiger partial charge in [0.1, 0.15) is 12.2 Å². The molecule has 1 aliphatic rings. The summed E-state index contributed by atoms with van der Waals surface area (Å²) in [5, 5.41) is 21.7. The van der Waals surface area contributed by atoms with Crippen molar-refractivity contribution in [2.75, 3.05) is 12.5 Å². The maximum atomic E-state index is 11.6. The van der Waals surface area contributed by atoms with Gasteiger partial charge in [0.15, 0.2) is 25.5 Å². The summed E-state index contributed by atoms with van der Waals surface area (Å²) < 4.78 is 58.3. The zero-order valence-corrected chi connectivity index (χ0v) is 20.6. The summed E-state index contributed by atoms with van der Waals surface area (Å²) in [7, 11) is -6.63. The van der Waals surface area contributed by atoms with E-state index < -0.39 is 49.9 Å². The molecule has 0 amide bonds. The maximum Gasteiger partial charge on any atom is 0.175 e. The molecule has 2 N–H and O–H groups in total. The van der Waals surface area contributed by atoms with Crippen molar-refractivity contribution in [2.45, 2.75) is 66.7 Å². The third-order valence-electron chi connectivity index (χ3n) is 5.51. The molecule has 0 aliphatic carbocycles. The molecule has 3 rings (SSSR count). The molecule has 0 aromatic heterocycles. The summed E-state index contributed by atoms with van der Waals surface area (Å²) in [5.41, 5.74) is 1.43. The van der Waals surface area contributed by atoms with E-state index in [1.54, 1.807) is 38.1 Å². The Morgan fingerprint density at radius 1 is 0.727 bits per heavy atom. The van der Waals surface area contributed by atoms with Crippen LogP contribution in [-0.4, -0.2) is 69.8 Å². The average Bonchev–Trinajstić information content (AvgIpc) is 3.03. The molecule has 0 spiro atoms. The fourth-order valence-electron chi connectivity index (χ4n) is 3.87. The van der Waals surface area contributed by atoms with E-state index in [1.165, 1.54) is 24.3 Å². The molecular formula is C23H30O8S2. The highest BCUT2D eigenvalue weighted by atomic mass is 32.2. The number of hydrogen-bond donors (Lipinski definition) is 2. The fraction of sp³-hybridized carbons (Fsp3) is 0.478. The van der Waals surface area contributed by atoms with Gasteiger partial charge in [-0.2, -0.15) is 0 Å². The van der Waals surface area contributed by atoms with Crippen molar-refractivity contribution in [3.63, 3.8) is 0 Å². The van der Waals surface area contributed by atoms with E-state index in [0.717, 1.165) is 12.5 Å². The highest BCUT2D eigenvalue weighted by molar-refractivity contribution is 7.91. The highest BCUT2D eigenvalue weighted by Crippen LogP contribution is 2.33. The van der Waals surface area contributed by atoms with Crippen molar-refractivity contribution in [3.8, 4) is 0 Å². The normalized spacial score (nSPS) is 22.7. The maximum absolute atomic E-state index is 11.6. The fourth-order valence-corrected chi connectivity index (χ4v) is 5.13. The zero-order chi connectivity index (χ0) is 24.6. The number of sulfone groups is 2. The minimum atomic E-state index is -3.31. The van der Waals surface area contributed by atoms with Gasteiger partial charge in [0.05, 0.1) is 22.0 Å². The van der Waals surface area contributed by atoms with Crippen molar-refractivity contribution in [3.05, 3.63) is 59.7 Å². The molecule has 2 aromatic carbocycles. The van der Waals surface area contributed by atoms with Crippen molar-refractivity contribution in [1.82, 2.24) is 0 Å². The Morgan fingerprint density at radius 3 is 1.30 bits per heavy atom. The standard InChI is InChI=1S/C23H30O8S2/c1-23(2)30-21(19(24)13-15-5-9-17(10-6-15)32(3,26)27)22(31-23)20(25)14-16-7-11-18(12-8-16)33(4,28)29/h5-12,19-22,24-25H,13-14H2,1-4H3/t19-,20-,21-,22-/m0/s1. The van der Waals surface area contributed by atoms with Crippen LogP contribution in [0, 0.1) is 0 Å². The Kier molecular flexibility index (Phi) is 7.38. The molecule has 1 fully saturated rings. The van der Waals surface area contributed by atoms with Gasteiger partial charge < -0.3 is 19.7 Å². The Bertz CT molecular complexity index is 1080. The van der Waals surface area contributed by atoms with E-state index in [2.05, 4.69) is 0 Å². The van der Waals surface area contributed by atoms with E-state index in [-0.39, 0.29) is 22.6 Å². The molecule has 182 valence electrons. The zero-order valence-electron chi connectivity index (χ0n) is 19.0. The quantitative estimate of drug-likeness (QED) is 0.561. The molecule has 4 atom stereocenters. The van der Waals surface area contributed by atoms with E-state index in [0.29, 0.717) is 11.1 Å². The van der Waals surface area contributed by atoms with Gasteiger partial charge in [-0.25, -0.2) is 16.8 Å². The number of aliphatic hydroxyl groups excluding tert-OH is 2. The summed E-state index contributed by atoms with van der Waals surface area (Å²) in [6.07, 6.45) is -1.04. The van der Waals surface area contributed by atoms with Gasteiger partial charge in [0, 0.05) is 25.4 Å². The van der Waals surface area contributed by atoms with Crippen LogP contribution < -0.4 is 0 Å². The molecule has 1 aliphatic heterocycles. The number of benzene rings is 2. The first-order valence-corrected chi connectivity index (χ1v) is 14.2. The lowest BCUT2D eigenvalue weighted by atomic mass is 9.94. The van der Waals surface area contributed by atoms with Crippen LogP contribution in [0.25, 0.3) is 0 Å². The van der Waals surface area contributed by atoms with E-state index in [9.17, 15) is 27.0 Å². The first kappa shape index (κ1) is 25.8. The molecule has 1 saturated heterocycles. The minimum Gasteiger partial charge on any atom is -0.390 e. The van der Waals surface area contributed by atoms with Crippen molar-refractivity contribution >= 4 is 19.7 Å². The van der Waals surface area contributed by atoms with Crippen LogP contribution in [0.3, 0.4) is 0 Å². The monoisotopic (exact) mass is 498 g/mol. The van der Waals surface area contributed by atoms with Crippen LogP contribution in [0.1, 0.15) is 25.0 Å². The SMILES string of the molecule is CC1(C)O[C@@H]([C@@H](O)Cc2ccc(S(C)(=O)=O)cc2)[C@H]([C@@H](O)Cc2ccc(S(C)(=O)=O)cc2)O1. The number of rotatable bonds is 8. The predicted molar refractivity (Wildman–Crippen MR) is 122 cm³/mol. The number of ether oxygens (including phenoxy) is 2. The summed E-state index contributed by atoms with van der Waals surface area (Å²) in [6, 6.07) is 12.5. The first-order chi connectivity index (χ1) is 15.2. The van der Waals surface area contributed by atoms with Gasteiger partial charge in [-0.05, 0) is 49.2 Å². The van der Waals surface area contributed by atoms with E-state index >= 15 is 0 Å². The van der Waals surface area contributed by atoms with Crippen LogP contribution >= 0.6 is 0 Å². The Balaban J connectivity index is 1.72. The van der Waals surface area contributed by atoms with Gasteiger partial charge in [0.25, 0.3) is 0 Å². The number of aliphatic hydroxyl groups is 2. The smallest absolute Gasteiger partial charge is 0.175 e. The second kappa shape index (κ2) is 9.44. The molecule has 0 unspecified atom stereocenters. The molecule has 1 heterocycles. The van der Waals surface area contributed by atoms with Crippen LogP contribution in [0.15, 0.2) is 58.3 Å². The van der Waals surface area contributed by atoms with Crippen molar-refractivity contribution in [1.29, 1.82) is 0 Å². The van der Waals surface area contributed by atoms with Gasteiger partial charge in [0.2, 0.25) is 0 Å². The van der Waals surface area contributed by atoms with Crippen LogP contribution in [0.4, 0.5) is 0 Å². The first-order valence-electron chi connectivity index (χ1n) is 10.5. The lowest BCUT2D eigenvalue weighted by molar-refractivity contribution is -0.160. The average molecular weight is 499 g/mol. The van der Waals surface area contributed by atoms with Gasteiger partial charge in [-0.15, -0.1) is 0 Å². The molecular weight excluding hydrogens is 468 g/mol. The van der Waals surface area contributed by atoms with E-state index in [1.807, 2.05) is 0 Å². The topological polar surface area (TPSA) is 127 Å². The lowest BCUT2D eigenvalue weighted by Crippen LogP contribution is -2.44. The van der Waals surface area contributed by atoms with Crippen molar-refractivity contribution in [2.24, 2.45) is 0 Å². The summed E-state index contributed by atoms with van der Waals surface area (Å²) in [6.45, 7) is 3.39. The summed E-state index contributed by atoms with van der Waals surface area (Å²) in [4.78, 5) is 0.384. The van der Waals surface area contributed by atoms with Gasteiger partial charge in [-0.3, -0.25) is 0 Å². The molecule has 8 nitrogen and oxygen atoms in total. The van der Waals surface area contributed by atoms with Crippen LogP contribution in [0.5, 0.6) is 0 Å². The predicted octanol–water partition coefficient (Wildman–Crippen LogP) is 1.52. The summed E-state index contributed by atoms with van der Waals surface area (Å²) in [5.74, 6) is -1.02. The molecule has 0 radical (unpaired) electrons. The molecule has 2 aromatic rings. The molecule has 33 heavy (non-hydrogen) atoms. The largest absolute Gasteiger partial charge is 0.390 e. The Morgan fingerprint density at radius 2 is 1.03 bits per heavy atom. The lowest BCUT2D eigenvalue weighted by Gasteiger charge is -2.26. The van der Waals surface area contributed by atoms with Crippen LogP contribution in [0.2, 0.25) is 0 Å². The van der Waals surface area contributed by atoms with Gasteiger partial charge >= 0.3 is 0 Å². The third-order valence-corrected chi connectivity index (χ3v) is 7.77.